The van der Waals surface area contributed by atoms with Crippen molar-refractivity contribution in [2.24, 2.45) is 0 Å². The van der Waals surface area contributed by atoms with Crippen LogP contribution < -0.4 is 5.32 Å². The maximum Gasteiger partial charge on any atom is 0.223 e. The lowest BCUT2D eigenvalue weighted by Gasteiger charge is -2.13. The third-order valence-electron chi connectivity index (χ3n) is 3.72. The van der Waals surface area contributed by atoms with Gasteiger partial charge in [0.25, 0.3) is 0 Å². The van der Waals surface area contributed by atoms with Gasteiger partial charge in [0, 0.05) is 24.4 Å². The van der Waals surface area contributed by atoms with Crippen LogP contribution in [0.1, 0.15) is 48.3 Å². The number of aryl methyl sites for hydroxylation is 2. The standard InChI is InChI=1S/C16H20N4/c1-3-8-18-16-19-11(2)10-14(20-16)13-7-6-12-5-4-9-17-15(12)13/h4-5,9-10,13H,3,6-8H2,1-2H3,(H,18,19,20). The predicted molar refractivity (Wildman–Crippen MR) is 80.0 cm³/mol. The highest BCUT2D eigenvalue weighted by atomic mass is 15.1. The fraction of sp³-hybridized carbons (Fsp3) is 0.438. The molecule has 1 N–H and O–H groups in total. The molecule has 0 aromatic carbocycles. The molecular weight excluding hydrogens is 248 g/mol. The molecule has 0 saturated carbocycles. The monoisotopic (exact) mass is 268 g/mol. The third kappa shape index (κ3) is 2.50. The van der Waals surface area contributed by atoms with Crippen molar-refractivity contribution in [1.29, 1.82) is 0 Å². The van der Waals surface area contributed by atoms with E-state index in [-0.39, 0.29) is 0 Å². The fourth-order valence-electron chi connectivity index (χ4n) is 2.79. The van der Waals surface area contributed by atoms with Gasteiger partial charge in [0.05, 0.1) is 11.4 Å². The highest BCUT2D eigenvalue weighted by molar-refractivity contribution is 5.38. The first kappa shape index (κ1) is 13.0. The lowest BCUT2D eigenvalue weighted by atomic mass is 10.0. The zero-order chi connectivity index (χ0) is 13.9. The average molecular weight is 268 g/mol. The molecule has 2 aromatic rings. The van der Waals surface area contributed by atoms with Crippen LogP contribution in [0.5, 0.6) is 0 Å². The molecule has 0 fully saturated rings. The molecule has 4 heteroatoms. The minimum absolute atomic E-state index is 0.315. The first-order valence-corrected chi connectivity index (χ1v) is 7.31. The molecule has 0 amide bonds. The summed E-state index contributed by atoms with van der Waals surface area (Å²) in [4.78, 5) is 13.7. The van der Waals surface area contributed by atoms with Gasteiger partial charge in [-0.3, -0.25) is 4.98 Å². The van der Waals surface area contributed by atoms with Crippen LogP contribution in [-0.4, -0.2) is 21.5 Å². The van der Waals surface area contributed by atoms with Crippen molar-refractivity contribution >= 4 is 5.95 Å². The van der Waals surface area contributed by atoms with E-state index in [0.29, 0.717) is 5.92 Å². The second-order valence-corrected chi connectivity index (χ2v) is 5.32. The van der Waals surface area contributed by atoms with Crippen molar-refractivity contribution in [1.82, 2.24) is 15.0 Å². The molecule has 0 aliphatic heterocycles. The number of pyridine rings is 1. The van der Waals surface area contributed by atoms with Crippen LogP contribution in [0.15, 0.2) is 24.4 Å². The molecule has 2 heterocycles. The minimum atomic E-state index is 0.315. The van der Waals surface area contributed by atoms with Crippen LogP contribution in [0.3, 0.4) is 0 Å². The summed E-state index contributed by atoms with van der Waals surface area (Å²) in [7, 11) is 0. The summed E-state index contributed by atoms with van der Waals surface area (Å²) in [6, 6.07) is 6.28. The molecule has 1 unspecified atom stereocenters. The van der Waals surface area contributed by atoms with Crippen LogP contribution in [0.25, 0.3) is 0 Å². The van der Waals surface area contributed by atoms with Gasteiger partial charge in [-0.05, 0) is 43.9 Å². The molecule has 0 bridgehead atoms. The SMILES string of the molecule is CCCNc1nc(C)cc(C2CCc3cccnc32)n1. The summed E-state index contributed by atoms with van der Waals surface area (Å²) in [6.45, 7) is 5.07. The van der Waals surface area contributed by atoms with Gasteiger partial charge in [-0.15, -0.1) is 0 Å². The van der Waals surface area contributed by atoms with Crippen molar-refractivity contribution in [2.75, 3.05) is 11.9 Å². The Morgan fingerprint density at radius 3 is 3.10 bits per heavy atom. The molecule has 4 nitrogen and oxygen atoms in total. The highest BCUT2D eigenvalue weighted by Crippen LogP contribution is 2.35. The van der Waals surface area contributed by atoms with Gasteiger partial charge in [-0.25, -0.2) is 9.97 Å². The summed E-state index contributed by atoms with van der Waals surface area (Å²) in [5, 5.41) is 3.28. The topological polar surface area (TPSA) is 50.7 Å². The van der Waals surface area contributed by atoms with Gasteiger partial charge in [-0.2, -0.15) is 0 Å². The highest BCUT2D eigenvalue weighted by Gasteiger charge is 2.26. The van der Waals surface area contributed by atoms with E-state index in [1.807, 2.05) is 19.2 Å². The van der Waals surface area contributed by atoms with E-state index < -0.39 is 0 Å². The first-order chi connectivity index (χ1) is 9.78. The van der Waals surface area contributed by atoms with E-state index in [0.717, 1.165) is 43.1 Å². The van der Waals surface area contributed by atoms with Gasteiger partial charge >= 0.3 is 0 Å². The van der Waals surface area contributed by atoms with Crippen LogP contribution in [0.2, 0.25) is 0 Å². The maximum atomic E-state index is 4.69. The van der Waals surface area contributed by atoms with Crippen molar-refractivity contribution in [3.8, 4) is 0 Å². The Kier molecular flexibility index (Phi) is 3.63. The Labute approximate surface area is 119 Å². The van der Waals surface area contributed by atoms with E-state index in [2.05, 4.69) is 39.3 Å². The molecule has 0 spiro atoms. The summed E-state index contributed by atoms with van der Waals surface area (Å²) >= 11 is 0. The molecule has 1 aliphatic carbocycles. The average Bonchev–Trinajstić information content (AvgIpc) is 2.88. The second kappa shape index (κ2) is 5.57. The van der Waals surface area contributed by atoms with E-state index in [1.165, 1.54) is 11.3 Å². The summed E-state index contributed by atoms with van der Waals surface area (Å²) < 4.78 is 0. The number of rotatable bonds is 4. The van der Waals surface area contributed by atoms with Crippen LogP contribution in [0.4, 0.5) is 5.95 Å². The zero-order valence-electron chi connectivity index (χ0n) is 12.1. The predicted octanol–water partition coefficient (Wildman–Crippen LogP) is 3.08. The van der Waals surface area contributed by atoms with Gasteiger partial charge in [0.1, 0.15) is 0 Å². The Morgan fingerprint density at radius 1 is 1.35 bits per heavy atom. The van der Waals surface area contributed by atoms with Crippen molar-refractivity contribution in [3.05, 3.63) is 47.0 Å². The smallest absolute Gasteiger partial charge is 0.223 e. The fourth-order valence-corrected chi connectivity index (χ4v) is 2.79. The quantitative estimate of drug-likeness (QED) is 0.925. The molecule has 20 heavy (non-hydrogen) atoms. The number of hydrogen-bond donors (Lipinski definition) is 1. The number of fused-ring (bicyclic) bond motifs is 1. The Balaban J connectivity index is 1.93. The number of nitrogens with one attached hydrogen (secondary N) is 1. The second-order valence-electron chi connectivity index (χ2n) is 5.32. The molecule has 104 valence electrons. The molecule has 0 saturated heterocycles. The van der Waals surface area contributed by atoms with Crippen molar-refractivity contribution in [2.45, 2.75) is 39.0 Å². The van der Waals surface area contributed by atoms with Gasteiger partial charge in [0.2, 0.25) is 5.95 Å². The van der Waals surface area contributed by atoms with Crippen molar-refractivity contribution < 1.29 is 0 Å². The molecule has 1 atom stereocenters. The van der Waals surface area contributed by atoms with Crippen LogP contribution in [0, 0.1) is 6.92 Å². The van der Waals surface area contributed by atoms with Crippen molar-refractivity contribution in [3.63, 3.8) is 0 Å². The van der Waals surface area contributed by atoms with Gasteiger partial charge < -0.3 is 5.32 Å². The van der Waals surface area contributed by atoms with E-state index in [9.17, 15) is 0 Å². The first-order valence-electron chi connectivity index (χ1n) is 7.31. The number of aromatic nitrogens is 3. The normalized spacial score (nSPS) is 17.0. The molecule has 2 aromatic heterocycles. The molecule has 1 aliphatic rings. The minimum Gasteiger partial charge on any atom is -0.354 e. The number of hydrogen-bond acceptors (Lipinski definition) is 4. The number of anilines is 1. The largest absolute Gasteiger partial charge is 0.354 e. The van der Waals surface area contributed by atoms with Gasteiger partial charge in [-0.1, -0.05) is 13.0 Å². The Bertz CT molecular complexity index is 609. The third-order valence-corrected chi connectivity index (χ3v) is 3.72. The summed E-state index contributed by atoms with van der Waals surface area (Å²) in [5.74, 6) is 1.06. The van der Waals surface area contributed by atoms with Crippen LogP contribution in [-0.2, 0) is 6.42 Å². The van der Waals surface area contributed by atoms with Crippen LogP contribution >= 0.6 is 0 Å². The van der Waals surface area contributed by atoms with E-state index in [4.69, 9.17) is 0 Å². The zero-order valence-corrected chi connectivity index (χ0v) is 12.1. The van der Waals surface area contributed by atoms with E-state index in [1.54, 1.807) is 0 Å². The molecular formula is C16H20N4. The van der Waals surface area contributed by atoms with E-state index >= 15 is 0 Å². The lowest BCUT2D eigenvalue weighted by Crippen LogP contribution is -2.09. The number of nitrogens with zero attached hydrogens (tertiary/aromatic N) is 3. The molecule has 3 rings (SSSR count). The summed E-state index contributed by atoms with van der Waals surface area (Å²) in [5.41, 5.74) is 4.65. The molecule has 0 radical (unpaired) electrons. The maximum absolute atomic E-state index is 4.69. The Hall–Kier alpha value is -1.97. The van der Waals surface area contributed by atoms with Gasteiger partial charge in [0.15, 0.2) is 0 Å². The summed E-state index contributed by atoms with van der Waals surface area (Å²) in [6.07, 6.45) is 5.13. The lowest BCUT2D eigenvalue weighted by molar-refractivity contribution is 0.739. The Morgan fingerprint density at radius 2 is 2.25 bits per heavy atom.